The van der Waals surface area contributed by atoms with E-state index in [2.05, 4.69) is 60.2 Å². The summed E-state index contributed by atoms with van der Waals surface area (Å²) in [6.07, 6.45) is 1.24. The zero-order chi connectivity index (χ0) is 57.6. The Kier molecular flexibility index (Phi) is 14.3. The lowest BCUT2D eigenvalue weighted by Crippen LogP contribution is -2.49. The topological polar surface area (TPSA) is 339 Å². The van der Waals surface area contributed by atoms with Gasteiger partial charge in [0.25, 0.3) is 17.6 Å². The molecule has 32 heteroatoms. The average molecular weight is 1130 g/mol. The molecule has 0 bridgehead atoms. The summed E-state index contributed by atoms with van der Waals surface area (Å²) in [5.41, 5.74) is 15.4. The second kappa shape index (κ2) is 21.2. The van der Waals surface area contributed by atoms with Crippen molar-refractivity contribution >= 4 is 62.5 Å². The number of anilines is 3. The van der Waals surface area contributed by atoms with E-state index in [1.54, 1.807) is 23.9 Å². The molecule has 0 aromatic carbocycles. The van der Waals surface area contributed by atoms with Gasteiger partial charge in [0.05, 0.1) is 23.8 Å². The molecule has 3 aliphatic carbocycles. The number of aryl methyl sites for hydroxylation is 1. The molecule has 0 aliphatic heterocycles. The first-order chi connectivity index (χ1) is 38.6. The maximum atomic E-state index is 13.2. The number of aliphatic carboxylic acids is 1. The van der Waals surface area contributed by atoms with E-state index in [0.717, 1.165) is 48.9 Å². The molecule has 81 heavy (non-hydrogen) atoms. The van der Waals surface area contributed by atoms with Gasteiger partial charge in [0, 0.05) is 49.6 Å². The number of alkyl halides is 7. The van der Waals surface area contributed by atoms with Crippen LogP contribution in [0.2, 0.25) is 0 Å². The predicted molar refractivity (Wildman–Crippen MR) is 268 cm³/mol. The standard InChI is InChI=1S/C18H17F3N6O3.C16H13F3N6O3.C15H15FN6O/c1-2-29-16(28)17(5-3-6-17)27-14-12(13(22)24-9-25-14)15(26-27)30-11-8-10(4-7-23-11)18(19,20)21;17-16(18,19)8-2-5-21-9(6-8)28-13-10-11(20)22-7-23-12(10)25(24-13)15(14(26)27)3-1-4-15;1-8-2-3-18-11(4-8)23-15-12-13(17)19-7-20-14(12)22(21-15)10-5-9(16)6-10/h4,7-9H,2-3,5-6H2,1H3,(H2,22,24,25);2,5-7H,1,3-4H2,(H,26,27)(H2,20,22,23);2-4,7,9-10H,5-6H2,1H3,(H2,17,19,20). The number of nitrogen functional groups attached to an aromatic ring is 3. The van der Waals surface area contributed by atoms with E-state index >= 15 is 0 Å². The first kappa shape index (κ1) is 54.7. The monoisotopic (exact) mass is 1130 g/mol. The largest absolute Gasteiger partial charge is 0.479 e. The van der Waals surface area contributed by atoms with Crippen molar-refractivity contribution < 1.29 is 64.4 Å². The Labute approximate surface area is 450 Å². The molecule has 3 saturated carbocycles. The average Bonchev–Trinajstić information content (AvgIpc) is 4.15. The van der Waals surface area contributed by atoms with Crippen LogP contribution in [0.3, 0.4) is 0 Å². The molecule has 3 aliphatic rings. The van der Waals surface area contributed by atoms with Crippen LogP contribution in [-0.2, 0) is 37.8 Å². The van der Waals surface area contributed by atoms with Gasteiger partial charge in [0.1, 0.15) is 58.8 Å². The molecule has 12 rings (SSSR count). The summed E-state index contributed by atoms with van der Waals surface area (Å²) >= 11 is 0. The lowest BCUT2D eigenvalue weighted by atomic mass is 9.77. The fraction of sp³-hybridized carbons (Fsp3) is 0.347. The number of carboxylic acid groups (broad SMARTS) is 1. The van der Waals surface area contributed by atoms with Gasteiger partial charge in [0.15, 0.2) is 28.0 Å². The number of carbonyl (C=O) groups is 2. The lowest BCUT2D eigenvalue weighted by Gasteiger charge is -2.39. The Morgan fingerprint density at radius 2 is 1.04 bits per heavy atom. The quantitative estimate of drug-likeness (QED) is 0.0661. The Hall–Kier alpha value is -9.65. The van der Waals surface area contributed by atoms with Gasteiger partial charge in [0.2, 0.25) is 17.6 Å². The summed E-state index contributed by atoms with van der Waals surface area (Å²) in [6, 6.07) is 6.71. The second-order valence-electron chi connectivity index (χ2n) is 18.8. The van der Waals surface area contributed by atoms with Crippen molar-refractivity contribution in [3.8, 4) is 35.3 Å². The maximum Gasteiger partial charge on any atom is 0.416 e. The molecular formula is C49H45F7N18O7. The van der Waals surface area contributed by atoms with Crippen molar-refractivity contribution in [2.75, 3.05) is 23.8 Å². The van der Waals surface area contributed by atoms with Crippen LogP contribution in [0.15, 0.2) is 74.0 Å². The molecule has 422 valence electrons. The van der Waals surface area contributed by atoms with Crippen LogP contribution >= 0.6 is 0 Å². The second-order valence-corrected chi connectivity index (χ2v) is 18.8. The number of nitrogens with zero attached hydrogens (tertiary/aromatic N) is 15. The molecule has 0 saturated heterocycles. The predicted octanol–water partition coefficient (Wildman–Crippen LogP) is 8.21. The number of ether oxygens (including phenoxy) is 4. The molecule has 0 spiro atoms. The number of halogens is 7. The highest BCUT2D eigenvalue weighted by molar-refractivity contribution is 5.94. The van der Waals surface area contributed by atoms with Crippen LogP contribution in [0, 0.1) is 6.92 Å². The zero-order valence-electron chi connectivity index (χ0n) is 42.4. The van der Waals surface area contributed by atoms with E-state index in [4.69, 9.17) is 36.1 Å². The van der Waals surface area contributed by atoms with Crippen LogP contribution in [0.5, 0.6) is 35.3 Å². The van der Waals surface area contributed by atoms with Crippen molar-refractivity contribution in [2.45, 2.75) is 101 Å². The van der Waals surface area contributed by atoms with E-state index in [-0.39, 0.29) is 75.7 Å². The molecular weight excluding hydrogens is 1090 g/mol. The minimum absolute atomic E-state index is 0.00607. The third-order valence-corrected chi connectivity index (χ3v) is 13.7. The van der Waals surface area contributed by atoms with E-state index < -0.39 is 52.7 Å². The highest BCUT2D eigenvalue weighted by atomic mass is 19.4. The molecule has 0 atom stereocenters. The Morgan fingerprint density at radius 1 is 0.617 bits per heavy atom. The summed E-state index contributed by atoms with van der Waals surface area (Å²) in [5, 5.41) is 23.4. The number of fused-ring (bicyclic) bond motifs is 3. The Morgan fingerprint density at radius 3 is 1.44 bits per heavy atom. The summed E-state index contributed by atoms with van der Waals surface area (Å²) in [7, 11) is 0. The molecule has 3 fully saturated rings. The van der Waals surface area contributed by atoms with Crippen LogP contribution < -0.4 is 31.4 Å². The number of carboxylic acids is 1. The molecule has 9 aromatic rings. The highest BCUT2D eigenvalue weighted by Gasteiger charge is 2.51. The minimum Gasteiger partial charge on any atom is -0.479 e. The molecule has 25 nitrogen and oxygen atoms in total. The first-order valence-electron chi connectivity index (χ1n) is 24.7. The lowest BCUT2D eigenvalue weighted by molar-refractivity contribution is -0.159. The molecule has 7 N–H and O–H groups in total. The maximum absolute atomic E-state index is 13.2. The van der Waals surface area contributed by atoms with Crippen LogP contribution in [0.25, 0.3) is 33.1 Å². The van der Waals surface area contributed by atoms with Gasteiger partial charge in [-0.1, -0.05) is 0 Å². The van der Waals surface area contributed by atoms with Crippen molar-refractivity contribution in [1.29, 1.82) is 0 Å². The van der Waals surface area contributed by atoms with Gasteiger partial charge in [-0.25, -0.2) is 72.9 Å². The fourth-order valence-electron chi connectivity index (χ4n) is 9.09. The smallest absolute Gasteiger partial charge is 0.416 e. The van der Waals surface area contributed by atoms with Crippen LogP contribution in [0.4, 0.5) is 48.2 Å². The number of esters is 1. The summed E-state index contributed by atoms with van der Waals surface area (Å²) in [5.74, 6) is -1.69. The number of carbonyl (C=O) groups excluding carboxylic acids is 1. The molecule has 9 heterocycles. The normalized spacial score (nSPS) is 17.1. The molecule has 0 radical (unpaired) electrons. The third kappa shape index (κ3) is 10.4. The Bertz CT molecular complexity index is 3840. The number of hydrogen-bond donors (Lipinski definition) is 4. The molecule has 9 aromatic heterocycles. The zero-order valence-corrected chi connectivity index (χ0v) is 42.4. The number of pyridine rings is 3. The van der Waals surface area contributed by atoms with Gasteiger partial charge < -0.3 is 41.3 Å². The van der Waals surface area contributed by atoms with E-state index in [1.165, 1.54) is 22.0 Å². The molecule has 0 amide bonds. The number of aromatic nitrogens is 15. The van der Waals surface area contributed by atoms with Crippen LogP contribution in [-0.4, -0.2) is 104 Å². The van der Waals surface area contributed by atoms with Crippen molar-refractivity contribution in [2.24, 2.45) is 0 Å². The fourth-order valence-corrected chi connectivity index (χ4v) is 9.09. The van der Waals surface area contributed by atoms with Gasteiger partial charge in [-0.15, -0.1) is 15.3 Å². The van der Waals surface area contributed by atoms with Gasteiger partial charge in [-0.3, -0.25) is 0 Å². The summed E-state index contributed by atoms with van der Waals surface area (Å²) in [4.78, 5) is 60.4. The van der Waals surface area contributed by atoms with Crippen molar-refractivity contribution in [3.05, 3.63) is 90.7 Å². The number of nitrogens with two attached hydrogens (primary N) is 3. The number of rotatable bonds is 12. The third-order valence-electron chi connectivity index (χ3n) is 13.7. The van der Waals surface area contributed by atoms with Gasteiger partial charge in [-0.05, 0) is 76.1 Å². The number of hydrogen-bond acceptors (Lipinski definition) is 21. The summed E-state index contributed by atoms with van der Waals surface area (Å²) < 4.78 is 117. The first-order valence-corrected chi connectivity index (χ1v) is 24.7. The Balaban J connectivity index is 0.000000137. The van der Waals surface area contributed by atoms with E-state index in [1.807, 2.05) is 13.0 Å². The SMILES string of the molecule is CCOC(=O)C1(n2nc(Oc3cc(C(F)(F)F)ccn3)c3c(N)ncnc32)CCC1.Cc1ccnc(Oc2nn(C3CC(F)C3)c3ncnc(N)c23)c1.Nc1ncnc2c1c(Oc1cc(C(F)(F)F)ccn1)nn2C1(C(=O)O)CCC1. The highest BCUT2D eigenvalue weighted by Crippen LogP contribution is 2.46. The van der Waals surface area contributed by atoms with E-state index in [0.29, 0.717) is 73.8 Å². The van der Waals surface area contributed by atoms with Gasteiger partial charge >= 0.3 is 24.3 Å². The minimum atomic E-state index is -4.58. The van der Waals surface area contributed by atoms with E-state index in [9.17, 15) is 45.4 Å². The summed E-state index contributed by atoms with van der Waals surface area (Å²) in [6.45, 7) is 3.83. The van der Waals surface area contributed by atoms with Crippen molar-refractivity contribution in [3.63, 3.8) is 0 Å². The van der Waals surface area contributed by atoms with Gasteiger partial charge in [-0.2, -0.15) is 26.3 Å². The molecule has 0 unspecified atom stereocenters. The van der Waals surface area contributed by atoms with Crippen LogP contribution in [0.1, 0.15) is 81.0 Å². The van der Waals surface area contributed by atoms with Crippen molar-refractivity contribution in [1.82, 2.24) is 74.2 Å².